The molecule has 0 spiro atoms. The average Bonchev–Trinajstić information content (AvgIpc) is 2.60. The van der Waals surface area contributed by atoms with E-state index in [0.29, 0.717) is 12.4 Å². The third-order valence-corrected chi connectivity index (χ3v) is 3.71. The van der Waals surface area contributed by atoms with Crippen LogP contribution in [0.4, 0.5) is 0 Å². The lowest BCUT2D eigenvalue weighted by Gasteiger charge is -2.08. The van der Waals surface area contributed by atoms with Gasteiger partial charge < -0.3 is 9.47 Å². The highest BCUT2D eigenvalue weighted by molar-refractivity contribution is 9.10. The monoisotopic (exact) mass is 404 g/mol. The molecule has 6 heteroatoms. The first-order chi connectivity index (χ1) is 12.1. The zero-order valence-corrected chi connectivity index (χ0v) is 15.9. The highest BCUT2D eigenvalue weighted by Gasteiger charge is 2.04. The van der Waals surface area contributed by atoms with Crippen molar-refractivity contribution in [3.8, 4) is 11.5 Å². The maximum atomic E-state index is 11.8. The summed E-state index contributed by atoms with van der Waals surface area (Å²) in [5.74, 6) is 1.04. The molecule has 0 aliphatic carbocycles. The second kappa shape index (κ2) is 9.84. The van der Waals surface area contributed by atoms with E-state index in [1.807, 2.05) is 56.3 Å². The van der Waals surface area contributed by atoms with Crippen molar-refractivity contribution >= 4 is 28.1 Å². The number of halogens is 1. The molecule has 0 aliphatic heterocycles. The average molecular weight is 405 g/mol. The minimum absolute atomic E-state index is 0.0991. The number of amides is 1. The normalized spacial score (nSPS) is 10.7. The Kier molecular flexibility index (Phi) is 7.47. The number of benzene rings is 2. The molecule has 0 radical (unpaired) electrons. The number of rotatable bonds is 8. The molecule has 2 aromatic carbocycles. The first-order valence-electron chi connectivity index (χ1n) is 8.02. The molecule has 5 nitrogen and oxygen atoms in total. The molecule has 0 heterocycles. The first-order valence-corrected chi connectivity index (χ1v) is 8.81. The van der Waals surface area contributed by atoms with Crippen molar-refractivity contribution in [3.63, 3.8) is 0 Å². The zero-order valence-electron chi connectivity index (χ0n) is 14.3. The number of nitrogens with one attached hydrogen (secondary N) is 1. The van der Waals surface area contributed by atoms with E-state index in [9.17, 15) is 4.79 Å². The molecule has 0 bridgehead atoms. The number of hydrogen-bond acceptors (Lipinski definition) is 4. The van der Waals surface area contributed by atoms with Crippen LogP contribution in [0.15, 0.2) is 52.0 Å². The van der Waals surface area contributed by atoms with Gasteiger partial charge in [0.2, 0.25) is 0 Å². The molecule has 1 N–H and O–H groups in total. The van der Waals surface area contributed by atoms with Crippen molar-refractivity contribution in [3.05, 3.63) is 58.1 Å². The Balaban J connectivity index is 1.88. The molecule has 0 atom stereocenters. The smallest absolute Gasteiger partial charge is 0.277 e. The molecule has 1 amide bonds. The van der Waals surface area contributed by atoms with Crippen LogP contribution in [-0.2, 0) is 4.79 Å². The molecule has 0 saturated carbocycles. The zero-order chi connectivity index (χ0) is 18.1. The van der Waals surface area contributed by atoms with E-state index in [4.69, 9.17) is 9.47 Å². The number of hydrazone groups is 1. The molecule has 2 rings (SSSR count). The minimum atomic E-state index is -0.331. The van der Waals surface area contributed by atoms with E-state index in [1.165, 1.54) is 0 Å². The number of carbonyl (C=O) groups is 1. The Labute approximate surface area is 156 Å². The Hall–Kier alpha value is -2.34. The van der Waals surface area contributed by atoms with E-state index in [0.717, 1.165) is 27.8 Å². The number of aryl methyl sites for hydroxylation is 1. The summed E-state index contributed by atoms with van der Waals surface area (Å²) in [6.45, 7) is 4.56. The van der Waals surface area contributed by atoms with Crippen LogP contribution in [-0.4, -0.2) is 25.3 Å². The summed E-state index contributed by atoms with van der Waals surface area (Å²) in [6, 6.07) is 13.1. The Bertz CT molecular complexity index is 730. The quantitative estimate of drug-likeness (QED) is 0.532. The molecule has 0 aromatic heterocycles. The molecule has 132 valence electrons. The van der Waals surface area contributed by atoms with Crippen LogP contribution in [0.1, 0.15) is 24.5 Å². The SMILES string of the molecule is CCCOc1ccc(Br)cc1/C=N\NC(=O)COc1ccc(C)cc1. The van der Waals surface area contributed by atoms with Gasteiger partial charge in [0.15, 0.2) is 6.61 Å². The van der Waals surface area contributed by atoms with Crippen molar-refractivity contribution < 1.29 is 14.3 Å². The lowest BCUT2D eigenvalue weighted by molar-refractivity contribution is -0.123. The van der Waals surface area contributed by atoms with Crippen LogP contribution in [0.5, 0.6) is 11.5 Å². The topological polar surface area (TPSA) is 59.9 Å². The van der Waals surface area contributed by atoms with Gasteiger partial charge in [0.25, 0.3) is 5.91 Å². The largest absolute Gasteiger partial charge is 0.493 e. The molecule has 0 unspecified atom stereocenters. The van der Waals surface area contributed by atoms with Gasteiger partial charge in [-0.2, -0.15) is 5.10 Å². The summed E-state index contributed by atoms with van der Waals surface area (Å²) in [5, 5.41) is 3.97. The van der Waals surface area contributed by atoms with Gasteiger partial charge in [-0.25, -0.2) is 5.43 Å². The van der Waals surface area contributed by atoms with Gasteiger partial charge in [-0.3, -0.25) is 4.79 Å². The van der Waals surface area contributed by atoms with Crippen LogP contribution in [0.3, 0.4) is 0 Å². The van der Waals surface area contributed by atoms with Gasteiger partial charge >= 0.3 is 0 Å². The first kappa shape index (κ1) is 19.0. The van der Waals surface area contributed by atoms with E-state index in [-0.39, 0.29) is 12.5 Å². The summed E-state index contributed by atoms with van der Waals surface area (Å²) < 4.78 is 12.0. The van der Waals surface area contributed by atoms with Crippen molar-refractivity contribution in [2.75, 3.05) is 13.2 Å². The van der Waals surface area contributed by atoms with Gasteiger partial charge in [-0.15, -0.1) is 0 Å². The molecule has 0 saturated heterocycles. The standard InChI is InChI=1S/C19H21BrN2O3/c1-3-10-24-18-9-6-16(20)11-15(18)12-21-22-19(23)13-25-17-7-4-14(2)5-8-17/h4-9,11-12H,3,10,13H2,1-2H3,(H,22,23)/b21-12-. The van der Waals surface area contributed by atoms with Gasteiger partial charge in [0, 0.05) is 10.0 Å². The van der Waals surface area contributed by atoms with Crippen LogP contribution < -0.4 is 14.9 Å². The van der Waals surface area contributed by atoms with E-state index < -0.39 is 0 Å². The molecule has 0 aliphatic rings. The fourth-order valence-corrected chi connectivity index (χ4v) is 2.33. The Morgan fingerprint density at radius 3 is 2.68 bits per heavy atom. The maximum absolute atomic E-state index is 11.8. The third-order valence-electron chi connectivity index (χ3n) is 3.22. The Morgan fingerprint density at radius 1 is 1.20 bits per heavy atom. The maximum Gasteiger partial charge on any atom is 0.277 e. The van der Waals surface area contributed by atoms with Crippen LogP contribution in [0, 0.1) is 6.92 Å². The van der Waals surface area contributed by atoms with Gasteiger partial charge in [-0.1, -0.05) is 40.5 Å². The predicted octanol–water partition coefficient (Wildman–Crippen LogP) is 4.08. The second-order valence-corrected chi connectivity index (χ2v) is 6.34. The molecular formula is C19H21BrN2O3. The highest BCUT2D eigenvalue weighted by atomic mass is 79.9. The number of nitrogens with zero attached hydrogens (tertiary/aromatic N) is 1. The van der Waals surface area contributed by atoms with Crippen LogP contribution in [0.2, 0.25) is 0 Å². The van der Waals surface area contributed by atoms with E-state index >= 15 is 0 Å². The van der Waals surface area contributed by atoms with Crippen molar-refractivity contribution in [2.45, 2.75) is 20.3 Å². The van der Waals surface area contributed by atoms with Crippen LogP contribution in [0.25, 0.3) is 0 Å². The van der Waals surface area contributed by atoms with Crippen LogP contribution >= 0.6 is 15.9 Å². The number of hydrogen-bond donors (Lipinski definition) is 1. The molecule has 2 aromatic rings. The number of carbonyl (C=O) groups excluding carboxylic acids is 1. The number of ether oxygens (including phenoxy) is 2. The molecule has 25 heavy (non-hydrogen) atoms. The summed E-state index contributed by atoms with van der Waals surface area (Å²) in [6.07, 6.45) is 2.47. The van der Waals surface area contributed by atoms with Gasteiger partial charge in [-0.05, 0) is 43.7 Å². The summed E-state index contributed by atoms with van der Waals surface area (Å²) in [7, 11) is 0. The molecular weight excluding hydrogens is 384 g/mol. The van der Waals surface area contributed by atoms with E-state index in [2.05, 4.69) is 26.5 Å². The van der Waals surface area contributed by atoms with Crippen molar-refractivity contribution in [1.29, 1.82) is 0 Å². The summed E-state index contributed by atoms with van der Waals surface area (Å²) in [4.78, 5) is 11.8. The predicted molar refractivity (Wildman–Crippen MR) is 102 cm³/mol. The van der Waals surface area contributed by atoms with Gasteiger partial charge in [0.05, 0.1) is 12.8 Å². The van der Waals surface area contributed by atoms with Crippen molar-refractivity contribution in [1.82, 2.24) is 5.43 Å². The third kappa shape index (κ3) is 6.58. The lowest BCUT2D eigenvalue weighted by atomic mass is 10.2. The lowest BCUT2D eigenvalue weighted by Crippen LogP contribution is -2.24. The fourth-order valence-electron chi connectivity index (χ4n) is 1.95. The summed E-state index contributed by atoms with van der Waals surface area (Å²) >= 11 is 3.42. The second-order valence-electron chi connectivity index (χ2n) is 5.43. The molecule has 0 fully saturated rings. The van der Waals surface area contributed by atoms with Gasteiger partial charge in [0.1, 0.15) is 11.5 Å². The summed E-state index contributed by atoms with van der Waals surface area (Å²) in [5.41, 5.74) is 4.37. The van der Waals surface area contributed by atoms with Crippen molar-refractivity contribution in [2.24, 2.45) is 5.10 Å². The Morgan fingerprint density at radius 2 is 1.96 bits per heavy atom. The fraction of sp³-hybridized carbons (Fsp3) is 0.263. The van der Waals surface area contributed by atoms with E-state index in [1.54, 1.807) is 6.21 Å². The highest BCUT2D eigenvalue weighted by Crippen LogP contribution is 2.22. The minimum Gasteiger partial charge on any atom is -0.493 e.